The molecule has 0 aliphatic heterocycles. The smallest absolute Gasteiger partial charge is 0.337 e. The van der Waals surface area contributed by atoms with E-state index < -0.39 is 11.9 Å². The molecule has 0 fully saturated rings. The monoisotopic (exact) mass is 240 g/mol. The number of carboxylic acid groups (broad SMARTS) is 2. The third-order valence-electron chi connectivity index (χ3n) is 1.83. The van der Waals surface area contributed by atoms with Crippen molar-refractivity contribution in [3.63, 3.8) is 0 Å². The molecule has 5 heteroatoms. The fourth-order valence-electron chi connectivity index (χ4n) is 1.10. The van der Waals surface area contributed by atoms with Crippen molar-refractivity contribution < 1.29 is 19.8 Å². The third-order valence-corrected chi connectivity index (χ3v) is 2.14. The van der Waals surface area contributed by atoms with Crippen LogP contribution in [0.4, 0.5) is 0 Å². The second kappa shape index (κ2) is 5.32. The third kappa shape index (κ3) is 3.40. The summed E-state index contributed by atoms with van der Waals surface area (Å²) in [4.78, 5) is 20.9. The fraction of sp³-hybridized carbons (Fsp3) is 0.0909. The minimum absolute atomic E-state index is 0.0250. The average molecular weight is 241 g/mol. The Morgan fingerprint density at radius 1 is 1.31 bits per heavy atom. The number of aromatic carboxylic acids is 1. The highest BCUT2D eigenvalue weighted by Crippen LogP contribution is 2.18. The van der Waals surface area contributed by atoms with Crippen molar-refractivity contribution in [3.8, 4) is 0 Å². The van der Waals surface area contributed by atoms with Gasteiger partial charge in [0.05, 0.1) is 17.0 Å². The van der Waals surface area contributed by atoms with Gasteiger partial charge in [0.25, 0.3) is 0 Å². The van der Waals surface area contributed by atoms with E-state index in [0.717, 1.165) is 0 Å². The lowest BCUT2D eigenvalue weighted by atomic mass is 10.1. The van der Waals surface area contributed by atoms with Gasteiger partial charge in [-0.15, -0.1) is 0 Å². The van der Waals surface area contributed by atoms with Gasteiger partial charge in [-0.1, -0.05) is 29.8 Å². The number of hydrogen-bond donors (Lipinski definition) is 2. The number of benzene rings is 1. The highest BCUT2D eigenvalue weighted by molar-refractivity contribution is 6.33. The van der Waals surface area contributed by atoms with E-state index in [1.54, 1.807) is 12.1 Å². The Kier molecular flexibility index (Phi) is 4.08. The van der Waals surface area contributed by atoms with Gasteiger partial charge < -0.3 is 10.2 Å². The standard InChI is InChI=1S/C11H9ClO4/c12-9-6-7(2-1-3-10(13)14)4-5-8(9)11(15)16/h1-2,4-6H,3H2,(H,13,14)(H,15,16). The first kappa shape index (κ1) is 12.3. The molecule has 2 N–H and O–H groups in total. The molecule has 0 aromatic heterocycles. The highest BCUT2D eigenvalue weighted by atomic mass is 35.5. The van der Waals surface area contributed by atoms with Gasteiger partial charge in [-0.2, -0.15) is 0 Å². The summed E-state index contributed by atoms with van der Waals surface area (Å²) < 4.78 is 0. The predicted molar refractivity (Wildman–Crippen MR) is 59.7 cm³/mol. The number of hydrogen-bond acceptors (Lipinski definition) is 2. The van der Waals surface area contributed by atoms with Gasteiger partial charge >= 0.3 is 11.9 Å². The number of rotatable bonds is 4. The van der Waals surface area contributed by atoms with Crippen molar-refractivity contribution in [2.45, 2.75) is 6.42 Å². The van der Waals surface area contributed by atoms with Gasteiger partial charge in [0.1, 0.15) is 0 Å². The molecule has 0 unspecified atom stereocenters. The van der Waals surface area contributed by atoms with E-state index in [9.17, 15) is 9.59 Å². The number of carbonyl (C=O) groups is 2. The van der Waals surface area contributed by atoms with Crippen molar-refractivity contribution in [2.24, 2.45) is 0 Å². The minimum atomic E-state index is -1.09. The number of carboxylic acids is 2. The normalized spacial score (nSPS) is 10.6. The Hall–Kier alpha value is -1.81. The molecule has 1 aromatic rings. The summed E-state index contributed by atoms with van der Waals surface area (Å²) in [6.07, 6.45) is 2.96. The summed E-state index contributed by atoms with van der Waals surface area (Å²) >= 11 is 5.73. The van der Waals surface area contributed by atoms with Gasteiger partial charge in [0, 0.05) is 0 Å². The van der Waals surface area contributed by atoms with E-state index in [1.165, 1.54) is 18.2 Å². The summed E-state index contributed by atoms with van der Waals surface area (Å²) in [7, 11) is 0. The lowest BCUT2D eigenvalue weighted by molar-refractivity contribution is -0.135. The quantitative estimate of drug-likeness (QED) is 0.848. The van der Waals surface area contributed by atoms with E-state index in [0.29, 0.717) is 5.56 Å². The van der Waals surface area contributed by atoms with Crippen LogP contribution in [0.5, 0.6) is 0 Å². The van der Waals surface area contributed by atoms with Crippen LogP contribution in [0.15, 0.2) is 24.3 Å². The fourth-order valence-corrected chi connectivity index (χ4v) is 1.37. The van der Waals surface area contributed by atoms with Crippen molar-refractivity contribution in [3.05, 3.63) is 40.4 Å². The largest absolute Gasteiger partial charge is 0.481 e. The van der Waals surface area contributed by atoms with Crippen LogP contribution in [0.25, 0.3) is 6.08 Å². The average Bonchev–Trinajstić information content (AvgIpc) is 2.16. The van der Waals surface area contributed by atoms with E-state index >= 15 is 0 Å². The second-order valence-corrected chi connectivity index (χ2v) is 3.45. The first-order chi connectivity index (χ1) is 7.50. The molecule has 1 rings (SSSR count). The molecule has 0 heterocycles. The van der Waals surface area contributed by atoms with Crippen molar-refractivity contribution in [1.82, 2.24) is 0 Å². The van der Waals surface area contributed by atoms with Crippen LogP contribution in [0.1, 0.15) is 22.3 Å². The number of aliphatic carboxylic acids is 1. The maximum absolute atomic E-state index is 10.7. The molecule has 1 aromatic carbocycles. The summed E-state index contributed by atoms with van der Waals surface area (Å²) in [5.74, 6) is -2.02. The summed E-state index contributed by atoms with van der Waals surface area (Å²) in [6, 6.07) is 4.42. The zero-order valence-corrected chi connectivity index (χ0v) is 8.94. The van der Waals surface area contributed by atoms with Gasteiger partial charge in [0.2, 0.25) is 0 Å². The molecule has 0 saturated carbocycles. The van der Waals surface area contributed by atoms with Crippen molar-refractivity contribution in [2.75, 3.05) is 0 Å². The van der Waals surface area contributed by atoms with Crippen molar-refractivity contribution >= 4 is 29.6 Å². The molecule has 84 valence electrons. The van der Waals surface area contributed by atoms with Crippen LogP contribution < -0.4 is 0 Å². The highest BCUT2D eigenvalue weighted by Gasteiger charge is 2.07. The summed E-state index contributed by atoms with van der Waals surface area (Å²) in [5, 5.41) is 17.3. The topological polar surface area (TPSA) is 74.6 Å². The van der Waals surface area contributed by atoms with Crippen LogP contribution in [0.3, 0.4) is 0 Å². The van der Waals surface area contributed by atoms with Crippen LogP contribution >= 0.6 is 11.6 Å². The lowest BCUT2D eigenvalue weighted by Crippen LogP contribution is -1.97. The van der Waals surface area contributed by atoms with Gasteiger partial charge in [-0.05, 0) is 17.7 Å². The second-order valence-electron chi connectivity index (χ2n) is 3.04. The zero-order valence-electron chi connectivity index (χ0n) is 8.18. The molecule has 0 spiro atoms. The Bertz CT molecular complexity index is 451. The molecule has 0 radical (unpaired) electrons. The Morgan fingerprint density at radius 3 is 2.50 bits per heavy atom. The molecule has 0 bridgehead atoms. The SMILES string of the molecule is O=C(O)CC=Cc1ccc(C(=O)O)c(Cl)c1. The van der Waals surface area contributed by atoms with Crippen molar-refractivity contribution in [1.29, 1.82) is 0 Å². The molecule has 0 atom stereocenters. The molecule has 0 amide bonds. The zero-order chi connectivity index (χ0) is 12.1. The molecule has 0 aliphatic carbocycles. The molecule has 0 saturated heterocycles. The van der Waals surface area contributed by atoms with E-state index in [2.05, 4.69) is 0 Å². The van der Waals surface area contributed by atoms with Gasteiger partial charge in [0.15, 0.2) is 0 Å². The molecule has 4 nitrogen and oxygen atoms in total. The van der Waals surface area contributed by atoms with E-state index in [-0.39, 0.29) is 17.0 Å². The minimum Gasteiger partial charge on any atom is -0.481 e. The molecular weight excluding hydrogens is 232 g/mol. The first-order valence-electron chi connectivity index (χ1n) is 4.42. The van der Waals surface area contributed by atoms with Crippen LogP contribution in [0.2, 0.25) is 5.02 Å². The molecular formula is C11H9ClO4. The summed E-state index contributed by atoms with van der Waals surface area (Å²) in [5.41, 5.74) is 0.688. The molecule has 0 aliphatic rings. The Morgan fingerprint density at radius 2 is 2.00 bits per heavy atom. The van der Waals surface area contributed by atoms with E-state index in [1.807, 2.05) is 0 Å². The van der Waals surface area contributed by atoms with Gasteiger partial charge in [-0.25, -0.2) is 4.79 Å². The number of halogens is 1. The first-order valence-corrected chi connectivity index (χ1v) is 4.79. The van der Waals surface area contributed by atoms with Crippen LogP contribution in [-0.4, -0.2) is 22.2 Å². The predicted octanol–water partition coefficient (Wildman–Crippen LogP) is 2.53. The molecule has 16 heavy (non-hydrogen) atoms. The maximum atomic E-state index is 10.7. The van der Waals surface area contributed by atoms with Crippen LogP contribution in [0, 0.1) is 0 Å². The van der Waals surface area contributed by atoms with E-state index in [4.69, 9.17) is 21.8 Å². The Labute approximate surface area is 96.8 Å². The maximum Gasteiger partial charge on any atom is 0.337 e. The summed E-state index contributed by atoms with van der Waals surface area (Å²) in [6.45, 7) is 0. The Balaban J connectivity index is 2.85. The lowest BCUT2D eigenvalue weighted by Gasteiger charge is -1.99. The van der Waals surface area contributed by atoms with Crippen LogP contribution in [-0.2, 0) is 4.79 Å². The van der Waals surface area contributed by atoms with Gasteiger partial charge in [-0.3, -0.25) is 4.79 Å².